The van der Waals surface area contributed by atoms with Crippen molar-refractivity contribution < 1.29 is 34.1 Å². The summed E-state index contributed by atoms with van der Waals surface area (Å²) in [7, 11) is 1.62. The van der Waals surface area contributed by atoms with Gasteiger partial charge in [0.15, 0.2) is 0 Å². The first-order valence-corrected chi connectivity index (χ1v) is 23.2. The molecule has 6 unspecified atom stereocenters. The lowest BCUT2D eigenvalue weighted by atomic mass is 9.56. The van der Waals surface area contributed by atoms with E-state index in [2.05, 4.69) is 24.9 Å². The highest BCUT2D eigenvalue weighted by atomic mass is 32.2. The van der Waals surface area contributed by atoms with Gasteiger partial charge in [-0.3, -0.25) is 0 Å². The molecule has 314 valence electrons. The quantitative estimate of drug-likeness (QED) is 0.0482. The number of amides is 1. The van der Waals surface area contributed by atoms with Crippen LogP contribution >= 0.6 is 11.8 Å². The summed E-state index contributed by atoms with van der Waals surface area (Å²) >= 11 is 1.99. The van der Waals surface area contributed by atoms with Gasteiger partial charge < -0.3 is 34.6 Å². The SMILES string of the molecule is C=CCOC12Oc3ccc(OC(=O)NCCCCCCCCCCCC)cc3C3C(CCCCO)C(CCCCO)C=C(C(=NOC)CC1SC1CCCC1)C32. The fourth-order valence-corrected chi connectivity index (χ4v) is 11.6. The number of rotatable bonds is 26. The fourth-order valence-electron chi connectivity index (χ4n) is 9.82. The number of allylic oxidation sites excluding steroid dienone is 1. The molecular weight excluding hydrogens is 725 g/mol. The second kappa shape index (κ2) is 23.8. The van der Waals surface area contributed by atoms with Gasteiger partial charge in [0, 0.05) is 42.9 Å². The summed E-state index contributed by atoms with van der Waals surface area (Å²) in [6.45, 7) is 7.55. The lowest BCUT2D eigenvalue weighted by molar-refractivity contribution is -0.223. The Morgan fingerprint density at radius 1 is 0.982 bits per heavy atom. The van der Waals surface area contributed by atoms with Crippen LogP contribution in [0, 0.1) is 17.8 Å². The van der Waals surface area contributed by atoms with Crippen LogP contribution in [-0.2, 0) is 9.57 Å². The summed E-state index contributed by atoms with van der Waals surface area (Å²) < 4.78 is 20.2. The normalized spacial score (nSPS) is 26.2. The molecule has 1 aromatic rings. The van der Waals surface area contributed by atoms with Gasteiger partial charge in [0.2, 0.25) is 5.79 Å². The minimum Gasteiger partial charge on any atom is -0.460 e. The number of nitrogens with one attached hydrogen (secondary N) is 1. The second-order valence-electron chi connectivity index (χ2n) is 16.5. The van der Waals surface area contributed by atoms with Crippen LogP contribution in [0.5, 0.6) is 11.5 Å². The summed E-state index contributed by atoms with van der Waals surface area (Å²) in [5, 5.41) is 27.8. The van der Waals surface area contributed by atoms with Crippen molar-refractivity contribution in [1.29, 1.82) is 0 Å². The number of carbonyl (C=O) groups is 1. The van der Waals surface area contributed by atoms with Crippen LogP contribution in [-0.4, -0.2) is 71.8 Å². The Morgan fingerprint density at radius 3 is 2.36 bits per heavy atom. The van der Waals surface area contributed by atoms with E-state index in [1.54, 1.807) is 7.11 Å². The van der Waals surface area contributed by atoms with Gasteiger partial charge in [-0.05, 0) is 80.6 Å². The van der Waals surface area contributed by atoms with Crippen LogP contribution in [0.25, 0.3) is 0 Å². The molecule has 10 heteroatoms. The maximum absolute atomic E-state index is 13.1. The molecule has 4 aliphatic rings. The van der Waals surface area contributed by atoms with E-state index in [-0.39, 0.29) is 42.1 Å². The standard InChI is InChI=1S/C46H72N2O7S/c1-4-6-7-8-9-10-11-12-13-18-27-47-45(51)54-35-25-26-41-39(32-35)43-37(24-17-20-29-50)34(21-16-19-28-49)31-38-40(48-52-3)33-42(56-36-22-14-15-23-36)46(55-41,44(38)43)53-30-5-2/h5,25-26,31-32,34,36-37,42-44,49-50H,2,4,6-24,27-30,33H2,1,3H3,(H,47,51). The van der Waals surface area contributed by atoms with Crippen molar-refractivity contribution in [2.24, 2.45) is 22.9 Å². The molecule has 1 aliphatic heterocycles. The Kier molecular flexibility index (Phi) is 18.9. The number of carbonyl (C=O) groups excluding carboxylic acids is 1. The molecule has 1 heterocycles. The first-order chi connectivity index (χ1) is 27.5. The Morgan fingerprint density at radius 2 is 1.68 bits per heavy atom. The highest BCUT2D eigenvalue weighted by Crippen LogP contribution is 2.63. The third-order valence-electron chi connectivity index (χ3n) is 12.5. The number of aliphatic hydroxyl groups excluding tert-OH is 2. The summed E-state index contributed by atoms with van der Waals surface area (Å²) in [4.78, 5) is 18.7. The summed E-state index contributed by atoms with van der Waals surface area (Å²) in [6.07, 6.45) is 26.8. The maximum atomic E-state index is 13.1. The third-order valence-corrected chi connectivity index (χ3v) is 14.2. The average molecular weight is 797 g/mol. The van der Waals surface area contributed by atoms with E-state index in [4.69, 9.17) is 24.2 Å². The van der Waals surface area contributed by atoms with Crippen molar-refractivity contribution in [2.75, 3.05) is 33.5 Å². The molecule has 2 fully saturated rings. The zero-order valence-electron chi connectivity index (χ0n) is 34.5. The molecule has 3 aliphatic carbocycles. The topological polar surface area (TPSA) is 119 Å². The predicted octanol–water partition coefficient (Wildman–Crippen LogP) is 10.6. The first kappa shape index (κ1) is 44.6. The number of ether oxygens (including phenoxy) is 3. The molecule has 0 spiro atoms. The minimum absolute atomic E-state index is 0.0335. The molecule has 0 aromatic heterocycles. The van der Waals surface area contributed by atoms with Crippen molar-refractivity contribution in [3.05, 3.63) is 48.1 Å². The number of aliphatic hydroxyl groups is 2. The lowest BCUT2D eigenvalue weighted by Crippen LogP contribution is -2.64. The minimum atomic E-state index is -0.974. The summed E-state index contributed by atoms with van der Waals surface area (Å²) in [5.41, 5.74) is 3.08. The van der Waals surface area contributed by atoms with E-state index in [1.165, 1.54) is 77.0 Å². The zero-order chi connectivity index (χ0) is 39.6. The Balaban J connectivity index is 1.42. The van der Waals surface area contributed by atoms with E-state index >= 15 is 0 Å². The van der Waals surface area contributed by atoms with Gasteiger partial charge in [-0.1, -0.05) is 108 Å². The largest absolute Gasteiger partial charge is 0.460 e. The van der Waals surface area contributed by atoms with Crippen LogP contribution in [0.2, 0.25) is 0 Å². The van der Waals surface area contributed by atoms with Crippen molar-refractivity contribution in [2.45, 2.75) is 164 Å². The number of nitrogens with zero attached hydrogens (tertiary/aromatic N) is 1. The molecule has 3 N–H and O–H groups in total. The number of fused-ring (bicyclic) bond motifs is 2. The third kappa shape index (κ3) is 11.8. The summed E-state index contributed by atoms with van der Waals surface area (Å²) in [6, 6.07) is 5.83. The fraction of sp³-hybridized carbons (Fsp3) is 0.739. The van der Waals surface area contributed by atoms with Crippen LogP contribution < -0.4 is 14.8 Å². The van der Waals surface area contributed by atoms with E-state index in [0.717, 1.165) is 74.0 Å². The van der Waals surface area contributed by atoms with Crippen molar-refractivity contribution in [1.82, 2.24) is 5.32 Å². The molecule has 0 radical (unpaired) electrons. The lowest BCUT2D eigenvalue weighted by Gasteiger charge is -2.58. The Labute approximate surface area is 341 Å². The van der Waals surface area contributed by atoms with E-state index < -0.39 is 11.9 Å². The number of thioether (sulfide) groups is 1. The number of oxime groups is 1. The zero-order valence-corrected chi connectivity index (χ0v) is 35.3. The van der Waals surface area contributed by atoms with Gasteiger partial charge in [-0.25, -0.2) is 4.79 Å². The predicted molar refractivity (Wildman–Crippen MR) is 228 cm³/mol. The van der Waals surface area contributed by atoms with Crippen LogP contribution in [0.4, 0.5) is 4.79 Å². The number of benzene rings is 1. The van der Waals surface area contributed by atoms with Crippen molar-refractivity contribution in [3.8, 4) is 11.5 Å². The van der Waals surface area contributed by atoms with Gasteiger partial charge >= 0.3 is 6.09 Å². The van der Waals surface area contributed by atoms with E-state index in [0.29, 0.717) is 30.6 Å². The molecule has 56 heavy (non-hydrogen) atoms. The van der Waals surface area contributed by atoms with Crippen molar-refractivity contribution >= 4 is 23.6 Å². The van der Waals surface area contributed by atoms with E-state index in [1.807, 2.05) is 36.0 Å². The number of hydrogen-bond donors (Lipinski definition) is 3. The van der Waals surface area contributed by atoms with Gasteiger partial charge in [0.05, 0.1) is 23.5 Å². The molecule has 6 atom stereocenters. The van der Waals surface area contributed by atoms with Gasteiger partial charge in [-0.2, -0.15) is 0 Å². The monoisotopic (exact) mass is 797 g/mol. The molecule has 0 saturated heterocycles. The summed E-state index contributed by atoms with van der Waals surface area (Å²) in [5.74, 6) is 0.460. The second-order valence-corrected chi connectivity index (χ2v) is 18.0. The molecule has 1 amide bonds. The van der Waals surface area contributed by atoms with Crippen LogP contribution in [0.1, 0.15) is 153 Å². The van der Waals surface area contributed by atoms with Crippen LogP contribution in [0.3, 0.4) is 0 Å². The highest BCUT2D eigenvalue weighted by Gasteiger charge is 2.64. The van der Waals surface area contributed by atoms with Gasteiger partial charge in [0.1, 0.15) is 18.6 Å². The van der Waals surface area contributed by atoms with Crippen molar-refractivity contribution in [3.63, 3.8) is 0 Å². The number of hydrogen-bond acceptors (Lipinski definition) is 9. The highest BCUT2D eigenvalue weighted by molar-refractivity contribution is 8.00. The molecular formula is C46H72N2O7S. The van der Waals surface area contributed by atoms with E-state index in [9.17, 15) is 15.0 Å². The molecule has 9 nitrogen and oxygen atoms in total. The van der Waals surface area contributed by atoms with Crippen LogP contribution in [0.15, 0.2) is 47.7 Å². The molecule has 1 aromatic carbocycles. The number of unbranched alkanes of at least 4 members (excludes halogenated alkanes) is 11. The molecule has 2 saturated carbocycles. The maximum Gasteiger partial charge on any atom is 0.412 e. The molecule has 5 rings (SSSR count). The Hall–Kier alpha value is -2.53. The average Bonchev–Trinajstić information content (AvgIpc) is 3.72. The smallest absolute Gasteiger partial charge is 0.412 e. The van der Waals surface area contributed by atoms with Gasteiger partial charge in [0.25, 0.3) is 0 Å². The van der Waals surface area contributed by atoms with Gasteiger partial charge in [-0.15, -0.1) is 18.3 Å². The first-order valence-electron chi connectivity index (χ1n) is 22.2. The molecule has 0 bridgehead atoms. The Bertz CT molecular complexity index is 1410.